The van der Waals surface area contributed by atoms with Crippen LogP contribution in [0.5, 0.6) is 5.75 Å². The van der Waals surface area contributed by atoms with Gasteiger partial charge in [-0.3, -0.25) is 13.9 Å². The van der Waals surface area contributed by atoms with Crippen molar-refractivity contribution in [2.45, 2.75) is 69.9 Å². The number of ether oxygens (including phenoxy) is 2. The summed E-state index contributed by atoms with van der Waals surface area (Å²) in [5, 5.41) is 13.5. The van der Waals surface area contributed by atoms with Crippen molar-refractivity contribution in [2.75, 3.05) is 12.4 Å². The number of nitrogens with two attached hydrogens (primary N) is 2. The second-order valence-corrected chi connectivity index (χ2v) is 10.9. The average Bonchev–Trinajstić information content (AvgIpc) is 3.10. The summed E-state index contributed by atoms with van der Waals surface area (Å²) in [6.07, 6.45) is -5.06. The number of esters is 1. The molecule has 15 heteroatoms. The molecule has 7 atom stereocenters. The number of nitrogens with one attached hydrogen (secondary N) is 1. The lowest BCUT2D eigenvalue weighted by atomic mass is 9.91. The third-order valence-corrected chi connectivity index (χ3v) is 7.50. The zero-order valence-corrected chi connectivity index (χ0v) is 22.3. The minimum atomic E-state index is -4.36. The Morgan fingerprint density at radius 1 is 1.29 bits per heavy atom. The molecule has 1 aliphatic heterocycles. The van der Waals surface area contributed by atoms with E-state index in [1.165, 1.54) is 38.2 Å². The first-order valence-corrected chi connectivity index (χ1v) is 13.4. The average molecular weight is 558 g/mol. The van der Waals surface area contributed by atoms with E-state index in [0.29, 0.717) is 0 Å². The smallest absolute Gasteiger partial charge is 0.459 e. The summed E-state index contributed by atoms with van der Waals surface area (Å²) in [4.78, 5) is 28.3. The quantitative estimate of drug-likeness (QED) is 0.229. The van der Waals surface area contributed by atoms with Gasteiger partial charge < -0.3 is 30.6 Å². The molecule has 1 unspecified atom stereocenters. The van der Waals surface area contributed by atoms with Crippen molar-refractivity contribution in [3.8, 4) is 5.75 Å². The molecule has 13 nitrogen and oxygen atoms in total. The molecule has 0 radical (unpaired) electrons. The zero-order valence-electron chi connectivity index (χ0n) is 21.4. The molecule has 1 aromatic heterocycles. The van der Waals surface area contributed by atoms with Gasteiger partial charge >= 0.3 is 19.4 Å². The molecule has 1 fully saturated rings. The van der Waals surface area contributed by atoms with Gasteiger partial charge in [-0.1, -0.05) is 18.2 Å². The summed E-state index contributed by atoms with van der Waals surface area (Å²) in [6.45, 7) is 4.83. The molecule has 1 aromatic carbocycles. The number of anilines is 1. The second-order valence-electron chi connectivity index (χ2n) is 9.23. The first-order chi connectivity index (χ1) is 17.8. The van der Waals surface area contributed by atoms with Crippen molar-refractivity contribution >= 4 is 19.5 Å². The number of aromatic nitrogens is 2. The number of aliphatic hydroxyl groups excluding tert-OH is 1. The van der Waals surface area contributed by atoms with Gasteiger partial charge in [0.25, 0.3) is 0 Å². The Balaban J connectivity index is 1.88. The molecule has 3 rings (SSSR count). The number of halogens is 1. The van der Waals surface area contributed by atoms with Gasteiger partial charge in [-0.15, -0.1) is 0 Å². The molecule has 0 amide bonds. The van der Waals surface area contributed by atoms with Gasteiger partial charge in [0.05, 0.1) is 12.2 Å². The Morgan fingerprint density at radius 3 is 2.53 bits per heavy atom. The molecule has 0 aliphatic carbocycles. The number of para-hydroxylation sites is 1. The van der Waals surface area contributed by atoms with Gasteiger partial charge in [0, 0.05) is 6.20 Å². The normalized spacial score (nSPS) is 26.5. The molecule has 0 spiro atoms. The zero-order chi connectivity index (χ0) is 28.3. The molecular weight excluding hydrogens is 524 g/mol. The Hall–Kier alpha value is -2.87. The van der Waals surface area contributed by atoms with Crippen LogP contribution in [-0.4, -0.2) is 63.3 Å². The standard InChI is InChI=1S/C23H33FN5O8P/c1-13(2)34-20(31)14(3)28-38(33,37-16-8-6-5-7-9-16)36-15(4)18-19(30)23(26,12-24)21(35-18)29-11-10-17(25)27-22(29)32/h5-11,13-15,18-19,21,30H,12,26H2,1-4H3,(H,28,33)(H2,25,27,32)/t14-,15-,18+,19?,21+,23+,38+/m0/s1. The number of carbonyl (C=O) groups excluding carboxylic acids is 1. The fourth-order valence-corrected chi connectivity index (χ4v) is 5.54. The number of rotatable bonds is 11. The molecule has 0 saturated carbocycles. The number of hydrogen-bond donors (Lipinski definition) is 4. The van der Waals surface area contributed by atoms with Crippen molar-refractivity contribution in [1.29, 1.82) is 0 Å². The lowest BCUT2D eigenvalue weighted by Gasteiger charge is -2.31. The van der Waals surface area contributed by atoms with Crippen LogP contribution in [-0.2, 0) is 23.4 Å². The molecule has 2 heterocycles. The summed E-state index contributed by atoms with van der Waals surface area (Å²) >= 11 is 0. The number of aliphatic hydroxyl groups is 1. The minimum absolute atomic E-state index is 0.0731. The van der Waals surface area contributed by atoms with Crippen molar-refractivity contribution in [2.24, 2.45) is 5.73 Å². The third kappa shape index (κ3) is 6.57. The molecule has 1 saturated heterocycles. The van der Waals surface area contributed by atoms with Crippen LogP contribution >= 0.6 is 7.75 Å². The highest BCUT2D eigenvalue weighted by molar-refractivity contribution is 7.52. The van der Waals surface area contributed by atoms with Crippen LogP contribution < -0.4 is 26.8 Å². The summed E-state index contributed by atoms with van der Waals surface area (Å²) < 4.78 is 51.2. The lowest BCUT2D eigenvalue weighted by Crippen LogP contribution is -2.58. The van der Waals surface area contributed by atoms with Gasteiger partial charge in [-0.25, -0.2) is 13.8 Å². The molecular formula is C23H33FN5O8P. The van der Waals surface area contributed by atoms with Crippen LogP contribution in [0, 0.1) is 0 Å². The minimum Gasteiger partial charge on any atom is -0.462 e. The summed E-state index contributed by atoms with van der Waals surface area (Å²) in [6, 6.07) is 8.18. The van der Waals surface area contributed by atoms with Crippen LogP contribution in [0.15, 0.2) is 47.4 Å². The third-order valence-electron chi connectivity index (χ3n) is 5.74. The largest absolute Gasteiger partial charge is 0.462 e. The molecule has 2 aromatic rings. The van der Waals surface area contributed by atoms with E-state index in [2.05, 4.69) is 10.1 Å². The maximum absolute atomic E-state index is 14.2. The van der Waals surface area contributed by atoms with Gasteiger partial charge in [0.15, 0.2) is 6.23 Å². The van der Waals surface area contributed by atoms with Gasteiger partial charge in [-0.2, -0.15) is 10.1 Å². The van der Waals surface area contributed by atoms with Crippen LogP contribution in [0.2, 0.25) is 0 Å². The number of benzene rings is 1. The first-order valence-electron chi connectivity index (χ1n) is 11.8. The predicted octanol–water partition coefficient (Wildman–Crippen LogP) is 1.27. The Bertz CT molecular complexity index is 1220. The number of carbonyl (C=O) groups is 1. The summed E-state index contributed by atoms with van der Waals surface area (Å²) in [5.74, 6) is -0.628. The van der Waals surface area contributed by atoms with Crippen molar-refractivity contribution in [3.63, 3.8) is 0 Å². The second kappa shape index (κ2) is 11.9. The van der Waals surface area contributed by atoms with E-state index in [9.17, 15) is 23.7 Å². The van der Waals surface area contributed by atoms with Crippen molar-refractivity contribution < 1.29 is 37.4 Å². The van der Waals surface area contributed by atoms with Crippen molar-refractivity contribution in [1.82, 2.24) is 14.6 Å². The van der Waals surface area contributed by atoms with Crippen molar-refractivity contribution in [3.05, 3.63) is 53.1 Å². The molecule has 38 heavy (non-hydrogen) atoms. The highest BCUT2D eigenvalue weighted by Gasteiger charge is 2.58. The van der Waals surface area contributed by atoms with Gasteiger partial charge in [0.1, 0.15) is 42.0 Å². The fraction of sp³-hybridized carbons (Fsp3) is 0.522. The van der Waals surface area contributed by atoms with Crippen LogP contribution in [0.4, 0.5) is 10.2 Å². The van der Waals surface area contributed by atoms with E-state index in [1.807, 2.05) is 0 Å². The van der Waals surface area contributed by atoms with Gasteiger partial charge in [-0.05, 0) is 45.9 Å². The molecule has 0 bridgehead atoms. The maximum Gasteiger partial charge on any atom is 0.459 e. The number of nitrogen functional groups attached to an aromatic ring is 1. The Kier molecular flexibility index (Phi) is 9.29. The van der Waals surface area contributed by atoms with E-state index in [-0.39, 0.29) is 11.6 Å². The predicted molar refractivity (Wildman–Crippen MR) is 135 cm³/mol. The van der Waals surface area contributed by atoms with E-state index in [4.69, 9.17) is 30.0 Å². The van der Waals surface area contributed by atoms with Gasteiger partial charge in [0.2, 0.25) is 0 Å². The molecule has 210 valence electrons. The maximum atomic E-state index is 14.2. The van der Waals surface area contributed by atoms with Crippen LogP contribution in [0.3, 0.4) is 0 Å². The first kappa shape index (κ1) is 29.7. The van der Waals surface area contributed by atoms with E-state index < -0.39 is 68.3 Å². The number of alkyl halides is 1. The Labute approximate surface area is 218 Å². The van der Waals surface area contributed by atoms with E-state index >= 15 is 0 Å². The molecule has 6 N–H and O–H groups in total. The lowest BCUT2D eigenvalue weighted by molar-refractivity contribution is -0.149. The van der Waals surface area contributed by atoms with E-state index in [1.54, 1.807) is 32.0 Å². The number of hydrogen-bond acceptors (Lipinski definition) is 11. The Morgan fingerprint density at radius 2 is 1.95 bits per heavy atom. The van der Waals surface area contributed by atoms with E-state index in [0.717, 1.165) is 4.57 Å². The fourth-order valence-electron chi connectivity index (χ4n) is 3.84. The van der Waals surface area contributed by atoms with Crippen LogP contribution in [0.1, 0.15) is 33.9 Å². The highest BCUT2D eigenvalue weighted by atomic mass is 31.2. The summed E-state index contributed by atoms with van der Waals surface area (Å²) in [7, 11) is -4.36. The van der Waals surface area contributed by atoms with Crippen LogP contribution in [0.25, 0.3) is 0 Å². The summed E-state index contributed by atoms with van der Waals surface area (Å²) in [5.41, 5.74) is 8.73. The highest BCUT2D eigenvalue weighted by Crippen LogP contribution is 2.48. The molecule has 1 aliphatic rings. The topological polar surface area (TPSA) is 190 Å². The number of nitrogens with zero attached hydrogens (tertiary/aromatic N) is 2. The monoisotopic (exact) mass is 557 g/mol. The SMILES string of the molecule is CC(C)OC(=O)[C@H](C)N[P@](=O)(Oc1ccccc1)O[C@@H](C)[C@H]1O[C@@H](n2ccc(N)nc2=O)[C@@](N)(CF)C1O.